The summed E-state index contributed by atoms with van der Waals surface area (Å²) in [6, 6.07) is 8.96. The van der Waals surface area contributed by atoms with Gasteiger partial charge in [-0.3, -0.25) is 0 Å². The van der Waals surface area contributed by atoms with Gasteiger partial charge in [-0.05, 0) is 31.2 Å². The minimum absolute atomic E-state index is 0.255. The molecule has 0 radical (unpaired) electrons. The van der Waals surface area contributed by atoms with Gasteiger partial charge in [0.15, 0.2) is 0 Å². The van der Waals surface area contributed by atoms with Gasteiger partial charge in [0.2, 0.25) is 0 Å². The van der Waals surface area contributed by atoms with Crippen LogP contribution in [0.4, 0.5) is 0 Å². The second kappa shape index (κ2) is 4.80. The van der Waals surface area contributed by atoms with Gasteiger partial charge in [0, 0.05) is 6.04 Å². The summed E-state index contributed by atoms with van der Waals surface area (Å²) in [4.78, 5) is 0. The Hall–Kier alpha value is -0.820. The van der Waals surface area contributed by atoms with Crippen molar-refractivity contribution in [1.29, 1.82) is 0 Å². The SMILES string of the molecule is Cc1ccc([C@H](N)C2CCCCC2)cc1. The lowest BCUT2D eigenvalue weighted by Gasteiger charge is -2.27. The molecule has 0 spiro atoms. The highest BCUT2D eigenvalue weighted by Crippen LogP contribution is 2.32. The van der Waals surface area contributed by atoms with E-state index in [1.54, 1.807) is 0 Å². The van der Waals surface area contributed by atoms with Gasteiger partial charge >= 0.3 is 0 Å². The molecule has 0 heterocycles. The molecule has 15 heavy (non-hydrogen) atoms. The predicted molar refractivity (Wildman–Crippen MR) is 64.7 cm³/mol. The van der Waals surface area contributed by atoms with Crippen molar-refractivity contribution >= 4 is 0 Å². The molecule has 1 heteroatoms. The van der Waals surface area contributed by atoms with Crippen LogP contribution in [0.1, 0.15) is 49.3 Å². The predicted octanol–water partition coefficient (Wildman–Crippen LogP) is 3.58. The van der Waals surface area contributed by atoms with E-state index in [2.05, 4.69) is 31.2 Å². The summed E-state index contributed by atoms with van der Waals surface area (Å²) in [6.45, 7) is 2.12. The van der Waals surface area contributed by atoms with E-state index >= 15 is 0 Å². The summed E-state index contributed by atoms with van der Waals surface area (Å²) in [5, 5.41) is 0. The summed E-state index contributed by atoms with van der Waals surface area (Å²) in [6.07, 6.45) is 6.76. The van der Waals surface area contributed by atoms with Crippen molar-refractivity contribution in [1.82, 2.24) is 0 Å². The van der Waals surface area contributed by atoms with E-state index in [1.807, 2.05) is 0 Å². The van der Waals surface area contributed by atoms with Gasteiger partial charge in [0.1, 0.15) is 0 Å². The maximum absolute atomic E-state index is 6.32. The molecule has 1 fully saturated rings. The van der Waals surface area contributed by atoms with Crippen LogP contribution in [0.5, 0.6) is 0 Å². The zero-order valence-electron chi connectivity index (χ0n) is 9.58. The largest absolute Gasteiger partial charge is 0.324 e. The Morgan fingerprint density at radius 1 is 1.07 bits per heavy atom. The first-order valence-corrected chi connectivity index (χ1v) is 6.09. The third-order valence-electron chi connectivity index (χ3n) is 3.62. The zero-order valence-corrected chi connectivity index (χ0v) is 9.58. The Labute approximate surface area is 92.7 Å². The van der Waals surface area contributed by atoms with Gasteiger partial charge in [0.25, 0.3) is 0 Å². The van der Waals surface area contributed by atoms with Gasteiger partial charge in [-0.2, -0.15) is 0 Å². The quantitative estimate of drug-likeness (QED) is 0.781. The van der Waals surface area contributed by atoms with Gasteiger partial charge in [0.05, 0.1) is 0 Å². The molecule has 82 valence electrons. The van der Waals surface area contributed by atoms with Crippen molar-refractivity contribution in [3.8, 4) is 0 Å². The van der Waals surface area contributed by atoms with Crippen molar-refractivity contribution in [2.75, 3.05) is 0 Å². The number of aryl methyl sites for hydroxylation is 1. The highest BCUT2D eigenvalue weighted by Gasteiger charge is 2.21. The maximum Gasteiger partial charge on any atom is 0.0323 e. The molecule has 2 rings (SSSR count). The van der Waals surface area contributed by atoms with E-state index in [1.165, 1.54) is 43.2 Å². The smallest absolute Gasteiger partial charge is 0.0323 e. The molecule has 0 unspecified atom stereocenters. The second-order valence-electron chi connectivity index (χ2n) is 4.83. The van der Waals surface area contributed by atoms with Crippen molar-refractivity contribution in [2.24, 2.45) is 11.7 Å². The van der Waals surface area contributed by atoms with Crippen LogP contribution < -0.4 is 5.73 Å². The van der Waals surface area contributed by atoms with Crippen molar-refractivity contribution in [2.45, 2.75) is 45.1 Å². The van der Waals surface area contributed by atoms with Gasteiger partial charge in [-0.15, -0.1) is 0 Å². The highest BCUT2D eigenvalue weighted by molar-refractivity contribution is 5.24. The molecule has 1 aromatic carbocycles. The lowest BCUT2D eigenvalue weighted by molar-refractivity contribution is 0.308. The third kappa shape index (κ3) is 2.60. The molecule has 0 saturated heterocycles. The molecule has 1 aromatic rings. The van der Waals surface area contributed by atoms with Crippen molar-refractivity contribution < 1.29 is 0 Å². The Kier molecular flexibility index (Phi) is 3.42. The molecule has 0 amide bonds. The maximum atomic E-state index is 6.32. The fraction of sp³-hybridized carbons (Fsp3) is 0.571. The molecular formula is C14H21N. The first kappa shape index (κ1) is 10.7. The summed E-state index contributed by atoms with van der Waals surface area (Å²) in [5.41, 5.74) is 8.95. The lowest BCUT2D eigenvalue weighted by Crippen LogP contribution is -2.23. The van der Waals surface area contributed by atoms with Crippen LogP contribution in [0.3, 0.4) is 0 Å². The molecule has 1 atom stereocenters. The molecule has 0 bridgehead atoms. The normalized spacial score (nSPS) is 20.1. The Morgan fingerprint density at radius 3 is 2.27 bits per heavy atom. The zero-order chi connectivity index (χ0) is 10.7. The average molecular weight is 203 g/mol. The molecule has 1 aliphatic carbocycles. The summed E-state index contributed by atoms with van der Waals surface area (Å²) in [7, 11) is 0. The number of nitrogens with two attached hydrogens (primary N) is 1. The van der Waals surface area contributed by atoms with Crippen LogP contribution in [0.2, 0.25) is 0 Å². The van der Waals surface area contributed by atoms with E-state index in [0.717, 1.165) is 0 Å². The van der Waals surface area contributed by atoms with E-state index in [9.17, 15) is 0 Å². The summed E-state index contributed by atoms with van der Waals surface area (Å²) >= 11 is 0. The number of hydrogen-bond acceptors (Lipinski definition) is 1. The average Bonchev–Trinajstić information content (AvgIpc) is 2.30. The van der Waals surface area contributed by atoms with Crippen LogP contribution >= 0.6 is 0 Å². The molecule has 1 saturated carbocycles. The van der Waals surface area contributed by atoms with Gasteiger partial charge in [-0.1, -0.05) is 49.1 Å². The first-order chi connectivity index (χ1) is 7.27. The van der Waals surface area contributed by atoms with E-state index in [4.69, 9.17) is 5.73 Å². The topological polar surface area (TPSA) is 26.0 Å². The fourth-order valence-corrected chi connectivity index (χ4v) is 2.55. The van der Waals surface area contributed by atoms with Crippen LogP contribution in [0.15, 0.2) is 24.3 Å². The molecule has 1 aliphatic rings. The standard InChI is InChI=1S/C14H21N/c1-11-7-9-13(10-8-11)14(15)12-5-3-2-4-6-12/h7-10,12,14H,2-6,15H2,1H3/t14-/m1/s1. The summed E-state index contributed by atoms with van der Waals surface area (Å²) in [5.74, 6) is 0.710. The van der Waals surface area contributed by atoms with Crippen LogP contribution in [-0.4, -0.2) is 0 Å². The minimum atomic E-state index is 0.255. The number of rotatable bonds is 2. The Balaban J connectivity index is 2.05. The first-order valence-electron chi connectivity index (χ1n) is 6.09. The monoisotopic (exact) mass is 203 g/mol. The second-order valence-corrected chi connectivity index (χ2v) is 4.83. The van der Waals surface area contributed by atoms with Crippen molar-refractivity contribution in [3.05, 3.63) is 35.4 Å². The van der Waals surface area contributed by atoms with Crippen LogP contribution in [0.25, 0.3) is 0 Å². The van der Waals surface area contributed by atoms with Gasteiger partial charge < -0.3 is 5.73 Å². The number of hydrogen-bond donors (Lipinski definition) is 1. The van der Waals surface area contributed by atoms with Crippen molar-refractivity contribution in [3.63, 3.8) is 0 Å². The molecule has 2 N–H and O–H groups in total. The molecule has 1 nitrogen and oxygen atoms in total. The molecular weight excluding hydrogens is 182 g/mol. The minimum Gasteiger partial charge on any atom is -0.324 e. The van der Waals surface area contributed by atoms with E-state index in [-0.39, 0.29) is 6.04 Å². The van der Waals surface area contributed by atoms with Crippen LogP contribution in [0, 0.1) is 12.8 Å². The van der Waals surface area contributed by atoms with E-state index < -0.39 is 0 Å². The number of benzene rings is 1. The van der Waals surface area contributed by atoms with Crippen LogP contribution in [-0.2, 0) is 0 Å². The molecule has 0 aliphatic heterocycles. The highest BCUT2D eigenvalue weighted by atomic mass is 14.7. The lowest BCUT2D eigenvalue weighted by atomic mass is 9.81. The van der Waals surface area contributed by atoms with E-state index in [0.29, 0.717) is 5.92 Å². The van der Waals surface area contributed by atoms with Gasteiger partial charge in [-0.25, -0.2) is 0 Å². The Bertz CT molecular complexity index is 296. The fourth-order valence-electron chi connectivity index (χ4n) is 2.55. The molecule has 0 aromatic heterocycles. The third-order valence-corrected chi connectivity index (χ3v) is 3.62. The Morgan fingerprint density at radius 2 is 1.67 bits per heavy atom. The summed E-state index contributed by atoms with van der Waals surface area (Å²) < 4.78 is 0.